The number of hydrogen-bond donors (Lipinski definition) is 3. The molecular weight excluding hydrogens is 400 g/mol. The summed E-state index contributed by atoms with van der Waals surface area (Å²) in [5.41, 5.74) is -1.02. The molecule has 166 valence electrons. The lowest BCUT2D eigenvalue weighted by Gasteiger charge is -2.29. The van der Waals surface area contributed by atoms with Gasteiger partial charge in [-0.2, -0.15) is 0 Å². The zero-order chi connectivity index (χ0) is 23.5. The van der Waals surface area contributed by atoms with Crippen LogP contribution in [-0.4, -0.2) is 66.3 Å². The summed E-state index contributed by atoms with van der Waals surface area (Å²) in [6, 6.07) is 0. The molecule has 1 atom stereocenters. The van der Waals surface area contributed by atoms with Crippen LogP contribution in [0.2, 0.25) is 0 Å². The molecule has 0 saturated carbocycles. The summed E-state index contributed by atoms with van der Waals surface area (Å²) >= 11 is 0. The number of nitrogens with zero attached hydrogens (tertiary/aromatic N) is 1. The molecule has 0 saturated heterocycles. The van der Waals surface area contributed by atoms with Crippen molar-refractivity contribution in [3.8, 4) is 17.2 Å². The number of benzene rings is 1. The summed E-state index contributed by atoms with van der Waals surface area (Å²) in [5, 5.41) is 24.3. The molecule has 1 aliphatic heterocycles. The van der Waals surface area contributed by atoms with Crippen LogP contribution in [0.3, 0.4) is 0 Å². The van der Waals surface area contributed by atoms with Crippen LogP contribution in [0.4, 0.5) is 0 Å². The quantitative estimate of drug-likeness (QED) is 0.283. The smallest absolute Gasteiger partial charge is 0.194 e. The Hall–Kier alpha value is -3.13. The van der Waals surface area contributed by atoms with Crippen LogP contribution >= 0.6 is 0 Å². The molecule has 8 nitrogen and oxygen atoms in total. The average Bonchev–Trinajstić information content (AvgIpc) is 2.92. The summed E-state index contributed by atoms with van der Waals surface area (Å²) in [4.78, 5) is 38.7. The molecular formula is C23H29N2O6+. The molecule has 2 aliphatic rings. The van der Waals surface area contributed by atoms with Gasteiger partial charge in [0.05, 0.1) is 45.4 Å². The van der Waals surface area contributed by atoms with E-state index >= 15 is 0 Å². The van der Waals surface area contributed by atoms with Gasteiger partial charge in [-0.15, -0.1) is 0 Å². The maximum atomic E-state index is 13.6. The van der Waals surface area contributed by atoms with E-state index in [0.29, 0.717) is 16.7 Å². The fourth-order valence-electron chi connectivity index (χ4n) is 4.03. The monoisotopic (exact) mass is 429 g/mol. The lowest BCUT2D eigenvalue weighted by molar-refractivity contribution is -0.869. The van der Waals surface area contributed by atoms with E-state index in [0.717, 1.165) is 6.54 Å². The predicted molar refractivity (Wildman–Crippen MR) is 114 cm³/mol. The van der Waals surface area contributed by atoms with Crippen molar-refractivity contribution in [1.29, 1.82) is 0 Å². The van der Waals surface area contributed by atoms with E-state index in [4.69, 9.17) is 4.74 Å². The highest BCUT2D eigenvalue weighted by Crippen LogP contribution is 2.57. The molecule has 0 radical (unpaired) electrons. The average molecular weight is 429 g/mol. The van der Waals surface area contributed by atoms with Crippen molar-refractivity contribution in [3.63, 3.8) is 0 Å². The number of rotatable bonds is 5. The molecule has 31 heavy (non-hydrogen) atoms. The molecule has 3 N–H and O–H groups in total. The molecule has 0 amide bonds. The van der Waals surface area contributed by atoms with Crippen molar-refractivity contribution >= 4 is 17.3 Å². The third kappa shape index (κ3) is 3.40. The number of aromatic hydroxyl groups is 2. The maximum absolute atomic E-state index is 13.6. The van der Waals surface area contributed by atoms with Crippen molar-refractivity contribution in [3.05, 3.63) is 39.8 Å². The van der Waals surface area contributed by atoms with Crippen LogP contribution in [0.15, 0.2) is 23.1 Å². The molecule has 3 rings (SSSR count). The van der Waals surface area contributed by atoms with E-state index in [1.54, 1.807) is 13.8 Å². The largest absolute Gasteiger partial charge is 0.507 e. The van der Waals surface area contributed by atoms with Gasteiger partial charge in [-0.1, -0.05) is 0 Å². The van der Waals surface area contributed by atoms with Crippen LogP contribution in [0.25, 0.3) is 0 Å². The molecule has 0 bridgehead atoms. The van der Waals surface area contributed by atoms with Gasteiger partial charge in [0.15, 0.2) is 17.3 Å². The van der Waals surface area contributed by atoms with Gasteiger partial charge < -0.3 is 24.7 Å². The Morgan fingerprint density at radius 3 is 2.32 bits per heavy atom. The zero-order valence-corrected chi connectivity index (χ0v) is 19.0. The number of nitrogens with one attached hydrogen (secondary N) is 1. The number of Topliss-reactive ketones (excluding diaryl/α,β-unsaturated/α-hetero) is 2. The van der Waals surface area contributed by atoms with Gasteiger partial charge >= 0.3 is 0 Å². The number of carbonyl (C=O) groups is 3. The number of ketones is 3. The molecule has 0 spiro atoms. The fraction of sp³-hybridized carbons (Fsp3) is 0.435. The molecule has 0 aromatic heterocycles. The highest BCUT2D eigenvalue weighted by molar-refractivity contribution is 6.31. The number of fused-ring (bicyclic) bond motifs is 3. The van der Waals surface area contributed by atoms with Crippen molar-refractivity contribution in [1.82, 2.24) is 5.32 Å². The first kappa shape index (κ1) is 22.6. The molecule has 0 fully saturated rings. The van der Waals surface area contributed by atoms with Crippen LogP contribution in [0.5, 0.6) is 17.2 Å². The first-order chi connectivity index (χ1) is 14.2. The first-order valence-corrected chi connectivity index (χ1v) is 10.1. The zero-order valence-electron chi connectivity index (χ0n) is 19.0. The minimum Gasteiger partial charge on any atom is -0.507 e. The molecule has 8 heteroatoms. The molecule has 1 aromatic carbocycles. The standard InChI is InChI=1S/C23H28N2O6/c1-11-19(28)17(13(3)26)21-18(20(11)29)23(4)15(31-21)10-14(27)16(22(23)30)12(2)24-8-9-25(5,6)7/h10H,8-9H2,1-7H3,(H2-,24,26,27,28,29,30)/p+1/t23-/m0/s1. The second-order valence-electron chi connectivity index (χ2n) is 9.33. The van der Waals surface area contributed by atoms with Crippen molar-refractivity contribution < 1.29 is 33.8 Å². The Bertz CT molecular complexity index is 1090. The van der Waals surface area contributed by atoms with Gasteiger partial charge in [-0.25, -0.2) is 0 Å². The minimum absolute atomic E-state index is 0.0152. The Kier molecular flexibility index (Phi) is 5.26. The van der Waals surface area contributed by atoms with Gasteiger partial charge in [0.1, 0.15) is 34.0 Å². The van der Waals surface area contributed by atoms with Crippen molar-refractivity contribution in [2.24, 2.45) is 0 Å². The van der Waals surface area contributed by atoms with Gasteiger partial charge in [-0.3, -0.25) is 14.4 Å². The summed E-state index contributed by atoms with van der Waals surface area (Å²) in [5.74, 6) is -2.31. The Morgan fingerprint density at radius 2 is 1.77 bits per heavy atom. The van der Waals surface area contributed by atoms with Crippen molar-refractivity contribution in [2.75, 3.05) is 34.2 Å². The lowest BCUT2D eigenvalue weighted by Crippen LogP contribution is -2.43. The van der Waals surface area contributed by atoms with Gasteiger partial charge in [0, 0.05) is 17.3 Å². The number of carbonyl (C=O) groups excluding carboxylic acids is 3. The first-order valence-electron chi connectivity index (χ1n) is 10.1. The summed E-state index contributed by atoms with van der Waals surface area (Å²) in [6.07, 6.45) is 1.22. The van der Waals surface area contributed by atoms with Gasteiger partial charge in [0.25, 0.3) is 0 Å². The molecule has 1 heterocycles. The number of likely N-dealkylation sites (N-methyl/N-ethyl adjacent to an activating group) is 1. The number of quaternary nitrogens is 1. The fourth-order valence-corrected chi connectivity index (χ4v) is 4.03. The third-order valence-corrected chi connectivity index (χ3v) is 5.93. The van der Waals surface area contributed by atoms with Gasteiger partial charge in [-0.05, 0) is 27.7 Å². The Labute approximate surface area is 181 Å². The highest BCUT2D eigenvalue weighted by Gasteiger charge is 2.56. The normalized spacial score (nSPS) is 21.8. The maximum Gasteiger partial charge on any atom is 0.194 e. The lowest BCUT2D eigenvalue weighted by atomic mass is 9.70. The second kappa shape index (κ2) is 7.23. The summed E-state index contributed by atoms with van der Waals surface area (Å²) < 4.78 is 6.46. The highest BCUT2D eigenvalue weighted by atomic mass is 16.5. The van der Waals surface area contributed by atoms with Crippen LogP contribution < -0.4 is 10.1 Å². The molecule has 0 unspecified atom stereocenters. The Morgan fingerprint density at radius 1 is 1.16 bits per heavy atom. The number of phenols is 2. The number of phenolic OH excluding ortho intramolecular Hbond substituents is 2. The third-order valence-electron chi connectivity index (χ3n) is 5.93. The van der Waals surface area contributed by atoms with E-state index in [9.17, 15) is 24.6 Å². The molecule has 1 aromatic rings. The van der Waals surface area contributed by atoms with E-state index in [-0.39, 0.29) is 39.5 Å². The summed E-state index contributed by atoms with van der Waals surface area (Å²) in [6.45, 7) is 7.27. The summed E-state index contributed by atoms with van der Waals surface area (Å²) in [7, 11) is 6.12. The number of allylic oxidation sites excluding steroid dienone is 4. The predicted octanol–water partition coefficient (Wildman–Crippen LogP) is 1.86. The van der Waals surface area contributed by atoms with E-state index in [2.05, 4.69) is 5.32 Å². The second-order valence-corrected chi connectivity index (χ2v) is 9.33. The van der Waals surface area contributed by atoms with E-state index < -0.39 is 28.5 Å². The topological polar surface area (TPSA) is 113 Å². The number of ether oxygens (including phenoxy) is 1. The molecule has 1 aliphatic carbocycles. The number of hydrogen-bond acceptors (Lipinski definition) is 7. The van der Waals surface area contributed by atoms with Crippen LogP contribution in [-0.2, 0) is 15.0 Å². The van der Waals surface area contributed by atoms with Gasteiger partial charge in [0.2, 0.25) is 0 Å². The van der Waals surface area contributed by atoms with E-state index in [1.807, 2.05) is 21.1 Å². The Balaban J connectivity index is 2.17. The minimum atomic E-state index is -1.49. The van der Waals surface area contributed by atoms with Crippen LogP contribution in [0.1, 0.15) is 42.3 Å². The SMILES string of the molecule is CC(=O)c1c(O)c(C)c(O)c2c1OC1=CC(=O)/C(=C(/C)NCC[N+](C)(C)C)C(=O)[C@@]12C. The van der Waals surface area contributed by atoms with Crippen molar-refractivity contribution in [2.45, 2.75) is 33.1 Å². The van der Waals surface area contributed by atoms with Crippen LogP contribution in [0, 0.1) is 6.92 Å². The van der Waals surface area contributed by atoms with E-state index in [1.165, 1.54) is 19.9 Å².